The van der Waals surface area contributed by atoms with Crippen molar-refractivity contribution in [2.24, 2.45) is 0 Å². The Kier molecular flexibility index (Phi) is 8.43. The Morgan fingerprint density at radius 1 is 1.33 bits per heavy atom. The van der Waals surface area contributed by atoms with Crippen molar-refractivity contribution in [1.29, 1.82) is 0 Å². The highest BCUT2D eigenvalue weighted by Gasteiger charge is 2.13. The van der Waals surface area contributed by atoms with Crippen LogP contribution in [0, 0.1) is 0 Å². The topological polar surface area (TPSA) is 71.3 Å². The standard InChI is InChI=1S/C17H24N4O2.ClH/c1-13(18-3)11-16-19-17(23-20-16)9-10-21(14(2)22)12-15-7-5-4-6-8-15;/h4-8,13,18H,9-12H2,1-3H3;1H. The van der Waals surface area contributed by atoms with Crippen LogP contribution >= 0.6 is 12.4 Å². The van der Waals surface area contributed by atoms with Crippen molar-refractivity contribution in [3.63, 3.8) is 0 Å². The third kappa shape index (κ3) is 6.29. The third-order valence-corrected chi connectivity index (χ3v) is 3.75. The van der Waals surface area contributed by atoms with Gasteiger partial charge in [-0.25, -0.2) is 0 Å². The molecule has 0 bridgehead atoms. The highest BCUT2D eigenvalue weighted by molar-refractivity contribution is 5.85. The van der Waals surface area contributed by atoms with Crippen LogP contribution in [0.3, 0.4) is 0 Å². The van der Waals surface area contributed by atoms with Gasteiger partial charge < -0.3 is 14.7 Å². The molecule has 0 aliphatic carbocycles. The molecule has 0 aliphatic rings. The van der Waals surface area contributed by atoms with E-state index in [1.807, 2.05) is 37.4 Å². The summed E-state index contributed by atoms with van der Waals surface area (Å²) in [6.07, 6.45) is 1.29. The minimum absolute atomic E-state index is 0. The second kappa shape index (κ2) is 10.1. The van der Waals surface area contributed by atoms with Crippen LogP contribution in [0.2, 0.25) is 0 Å². The van der Waals surface area contributed by atoms with E-state index in [1.165, 1.54) is 0 Å². The molecule has 0 aliphatic heterocycles. The van der Waals surface area contributed by atoms with Gasteiger partial charge in [0.05, 0.1) is 0 Å². The zero-order valence-electron chi connectivity index (χ0n) is 14.4. The van der Waals surface area contributed by atoms with E-state index in [9.17, 15) is 4.79 Å². The van der Waals surface area contributed by atoms with Gasteiger partial charge in [0, 0.05) is 38.9 Å². The number of rotatable bonds is 8. The van der Waals surface area contributed by atoms with Crippen LogP contribution in [0.25, 0.3) is 0 Å². The van der Waals surface area contributed by atoms with Crippen LogP contribution in [0.4, 0.5) is 0 Å². The molecule has 0 saturated heterocycles. The van der Waals surface area contributed by atoms with Crippen molar-refractivity contribution in [2.45, 2.75) is 39.3 Å². The summed E-state index contributed by atoms with van der Waals surface area (Å²) in [5.41, 5.74) is 1.11. The highest BCUT2D eigenvalue weighted by atomic mass is 35.5. The fraction of sp³-hybridized carbons (Fsp3) is 0.471. The maximum Gasteiger partial charge on any atom is 0.228 e. The highest BCUT2D eigenvalue weighted by Crippen LogP contribution is 2.07. The number of likely N-dealkylation sites (N-methyl/N-ethyl adjacent to an activating group) is 1. The number of benzene rings is 1. The Bertz CT molecular complexity index is 618. The average molecular weight is 353 g/mol. The van der Waals surface area contributed by atoms with Crippen molar-refractivity contribution in [2.75, 3.05) is 13.6 Å². The fourth-order valence-electron chi connectivity index (χ4n) is 2.23. The molecule has 1 N–H and O–H groups in total. The molecule has 132 valence electrons. The molecule has 24 heavy (non-hydrogen) atoms. The van der Waals surface area contributed by atoms with Crippen LogP contribution in [0.5, 0.6) is 0 Å². The van der Waals surface area contributed by atoms with E-state index < -0.39 is 0 Å². The second-order valence-corrected chi connectivity index (χ2v) is 5.67. The lowest BCUT2D eigenvalue weighted by Crippen LogP contribution is -2.30. The van der Waals surface area contributed by atoms with Crippen LogP contribution in [0.1, 0.15) is 31.1 Å². The zero-order chi connectivity index (χ0) is 16.7. The maximum absolute atomic E-state index is 11.8. The number of carbonyl (C=O) groups excluding carboxylic acids is 1. The van der Waals surface area contributed by atoms with Crippen LogP contribution in [0.15, 0.2) is 34.9 Å². The van der Waals surface area contributed by atoms with Gasteiger partial charge in [0.15, 0.2) is 5.82 Å². The van der Waals surface area contributed by atoms with Crippen LogP contribution in [-0.4, -0.2) is 40.6 Å². The zero-order valence-corrected chi connectivity index (χ0v) is 15.2. The summed E-state index contributed by atoms with van der Waals surface area (Å²) in [6, 6.07) is 10.2. The quantitative estimate of drug-likeness (QED) is 0.788. The number of hydrogen-bond acceptors (Lipinski definition) is 5. The van der Waals surface area contributed by atoms with Crippen molar-refractivity contribution in [3.05, 3.63) is 47.6 Å². The molecule has 1 atom stereocenters. The number of nitrogens with one attached hydrogen (secondary N) is 1. The first-order valence-electron chi connectivity index (χ1n) is 7.86. The Hall–Kier alpha value is -1.92. The molecule has 1 amide bonds. The molecule has 1 heterocycles. The minimum Gasteiger partial charge on any atom is -0.339 e. The lowest BCUT2D eigenvalue weighted by Gasteiger charge is -2.20. The summed E-state index contributed by atoms with van der Waals surface area (Å²) < 4.78 is 5.26. The Morgan fingerprint density at radius 2 is 2.04 bits per heavy atom. The first kappa shape index (κ1) is 20.1. The van der Waals surface area contributed by atoms with Gasteiger partial charge in [-0.05, 0) is 19.5 Å². The molecule has 2 rings (SSSR count). The summed E-state index contributed by atoms with van der Waals surface area (Å²) in [6.45, 7) is 4.80. The van der Waals surface area contributed by atoms with Gasteiger partial charge in [-0.1, -0.05) is 35.5 Å². The van der Waals surface area contributed by atoms with E-state index in [0.29, 0.717) is 37.3 Å². The normalized spacial score (nSPS) is 11.6. The van der Waals surface area contributed by atoms with E-state index in [1.54, 1.807) is 11.8 Å². The summed E-state index contributed by atoms with van der Waals surface area (Å²) >= 11 is 0. The maximum atomic E-state index is 11.8. The Morgan fingerprint density at radius 3 is 2.67 bits per heavy atom. The number of nitrogens with zero attached hydrogens (tertiary/aromatic N) is 3. The van der Waals surface area contributed by atoms with Crippen LogP contribution in [-0.2, 0) is 24.2 Å². The van der Waals surface area contributed by atoms with Gasteiger partial charge in [0.1, 0.15) is 0 Å². The van der Waals surface area contributed by atoms with Gasteiger partial charge in [0.25, 0.3) is 0 Å². The predicted octanol–water partition coefficient (Wildman–Crippen LogP) is 2.23. The van der Waals surface area contributed by atoms with Gasteiger partial charge in [-0.3, -0.25) is 4.79 Å². The Labute approximate surface area is 149 Å². The lowest BCUT2D eigenvalue weighted by molar-refractivity contribution is -0.129. The molecule has 7 heteroatoms. The van der Waals surface area contributed by atoms with E-state index in [2.05, 4.69) is 22.4 Å². The van der Waals surface area contributed by atoms with Crippen molar-refractivity contribution >= 4 is 18.3 Å². The molecule has 1 aromatic carbocycles. The molecular weight excluding hydrogens is 328 g/mol. The molecular formula is C17H25ClN4O2. The molecule has 2 aromatic rings. The van der Waals surface area contributed by atoms with Crippen molar-refractivity contribution in [1.82, 2.24) is 20.4 Å². The summed E-state index contributed by atoms with van der Waals surface area (Å²) in [5.74, 6) is 1.30. The number of halogens is 1. The number of carbonyl (C=O) groups is 1. The molecule has 0 saturated carbocycles. The molecule has 0 spiro atoms. The number of hydrogen-bond donors (Lipinski definition) is 1. The van der Waals surface area contributed by atoms with Crippen LogP contribution < -0.4 is 5.32 Å². The van der Waals surface area contributed by atoms with E-state index in [-0.39, 0.29) is 18.3 Å². The van der Waals surface area contributed by atoms with Gasteiger partial charge >= 0.3 is 0 Å². The fourth-order valence-corrected chi connectivity index (χ4v) is 2.23. The van der Waals surface area contributed by atoms with Crippen molar-refractivity contribution in [3.8, 4) is 0 Å². The number of aromatic nitrogens is 2. The number of amides is 1. The van der Waals surface area contributed by atoms with Gasteiger partial charge in [-0.15, -0.1) is 12.4 Å². The monoisotopic (exact) mass is 352 g/mol. The largest absolute Gasteiger partial charge is 0.339 e. The summed E-state index contributed by atoms with van der Waals surface area (Å²) in [7, 11) is 1.90. The smallest absolute Gasteiger partial charge is 0.228 e. The SMILES string of the molecule is CNC(C)Cc1noc(CCN(Cc2ccccc2)C(C)=O)n1.Cl. The molecule has 1 aromatic heterocycles. The summed E-state index contributed by atoms with van der Waals surface area (Å²) in [5, 5.41) is 7.12. The predicted molar refractivity (Wildman–Crippen MR) is 95.0 cm³/mol. The molecule has 1 unspecified atom stereocenters. The molecule has 0 radical (unpaired) electrons. The van der Waals surface area contributed by atoms with Crippen molar-refractivity contribution < 1.29 is 9.32 Å². The van der Waals surface area contributed by atoms with E-state index >= 15 is 0 Å². The average Bonchev–Trinajstić information content (AvgIpc) is 2.99. The first-order chi connectivity index (χ1) is 11.1. The first-order valence-corrected chi connectivity index (χ1v) is 7.86. The lowest BCUT2D eigenvalue weighted by atomic mass is 10.2. The third-order valence-electron chi connectivity index (χ3n) is 3.75. The summed E-state index contributed by atoms with van der Waals surface area (Å²) in [4.78, 5) is 18.0. The molecule has 0 fully saturated rings. The Balaban J connectivity index is 0.00000288. The van der Waals surface area contributed by atoms with Gasteiger partial charge in [0.2, 0.25) is 11.8 Å². The van der Waals surface area contributed by atoms with E-state index in [0.717, 1.165) is 12.0 Å². The molecule has 6 nitrogen and oxygen atoms in total. The van der Waals surface area contributed by atoms with E-state index in [4.69, 9.17) is 4.52 Å². The van der Waals surface area contributed by atoms with Gasteiger partial charge in [-0.2, -0.15) is 4.98 Å². The minimum atomic E-state index is 0. The second-order valence-electron chi connectivity index (χ2n) is 5.67.